The maximum atomic E-state index is 12.5. The number of aryl methyl sites for hydroxylation is 1. The summed E-state index contributed by atoms with van der Waals surface area (Å²) in [6.45, 7) is 10.0. The first-order valence-corrected chi connectivity index (χ1v) is 8.52. The molecule has 0 bridgehead atoms. The van der Waals surface area contributed by atoms with E-state index < -0.39 is 0 Å². The molecule has 128 valence electrons. The average Bonchev–Trinajstić information content (AvgIpc) is 2.59. The predicted octanol–water partition coefficient (Wildman–Crippen LogP) is 3.97. The van der Waals surface area contributed by atoms with Crippen LogP contribution in [0.2, 0.25) is 0 Å². The molecule has 0 spiro atoms. The molecule has 24 heavy (non-hydrogen) atoms. The minimum Gasteiger partial charge on any atom is -0.341 e. The van der Waals surface area contributed by atoms with Gasteiger partial charge in [0.25, 0.3) is 5.91 Å². The Morgan fingerprint density at radius 2 is 1.83 bits per heavy atom. The van der Waals surface area contributed by atoms with Crippen molar-refractivity contribution in [3.63, 3.8) is 0 Å². The van der Waals surface area contributed by atoms with Gasteiger partial charge in [0, 0.05) is 25.0 Å². The van der Waals surface area contributed by atoms with Crippen LogP contribution in [-0.2, 0) is 0 Å². The maximum absolute atomic E-state index is 12.5. The fraction of sp³-hybridized carbons (Fsp3) is 0.421. The van der Waals surface area contributed by atoms with Gasteiger partial charge >= 0.3 is 0 Å². The van der Waals surface area contributed by atoms with Crippen LogP contribution in [-0.4, -0.2) is 29.0 Å². The highest BCUT2D eigenvalue weighted by molar-refractivity contribution is 6.03. The molecule has 0 unspecified atom stereocenters. The summed E-state index contributed by atoms with van der Waals surface area (Å²) in [5.41, 5.74) is 3.42. The number of anilines is 2. The van der Waals surface area contributed by atoms with E-state index in [1.807, 2.05) is 32.0 Å². The predicted molar refractivity (Wildman–Crippen MR) is 98.7 cm³/mol. The third-order valence-electron chi connectivity index (χ3n) is 4.00. The number of hydrogen-bond donors (Lipinski definition) is 1. The molecule has 0 aliphatic heterocycles. The highest BCUT2D eigenvalue weighted by atomic mass is 16.1. The van der Waals surface area contributed by atoms with E-state index in [2.05, 4.69) is 34.0 Å². The first kappa shape index (κ1) is 17.9. The van der Waals surface area contributed by atoms with Gasteiger partial charge in [-0.15, -0.1) is 0 Å². The lowest BCUT2D eigenvalue weighted by atomic mass is 10.1. The number of hydrogen-bond acceptors (Lipinski definition) is 4. The molecule has 1 amide bonds. The molecule has 1 aromatic heterocycles. The molecule has 1 aromatic carbocycles. The topological polar surface area (TPSA) is 58.1 Å². The van der Waals surface area contributed by atoms with Crippen LogP contribution in [0, 0.1) is 13.8 Å². The number of nitrogens with one attached hydrogen (secondary N) is 1. The second kappa shape index (κ2) is 8.43. The zero-order valence-electron chi connectivity index (χ0n) is 15.0. The monoisotopic (exact) mass is 326 g/mol. The van der Waals surface area contributed by atoms with Crippen LogP contribution in [0.4, 0.5) is 11.6 Å². The number of nitrogens with zero attached hydrogens (tertiary/aromatic N) is 3. The van der Waals surface area contributed by atoms with Gasteiger partial charge in [-0.1, -0.05) is 26.0 Å². The van der Waals surface area contributed by atoms with Crippen molar-refractivity contribution < 1.29 is 4.79 Å². The van der Waals surface area contributed by atoms with E-state index >= 15 is 0 Å². The molecule has 5 nitrogen and oxygen atoms in total. The third kappa shape index (κ3) is 4.31. The van der Waals surface area contributed by atoms with Crippen molar-refractivity contribution in [1.29, 1.82) is 0 Å². The summed E-state index contributed by atoms with van der Waals surface area (Å²) in [6, 6.07) is 7.53. The van der Waals surface area contributed by atoms with Crippen molar-refractivity contribution in [2.24, 2.45) is 0 Å². The molecular weight excluding hydrogens is 300 g/mol. The lowest BCUT2D eigenvalue weighted by molar-refractivity contribution is 0.102. The highest BCUT2D eigenvalue weighted by Gasteiger charge is 2.14. The first-order valence-electron chi connectivity index (χ1n) is 8.52. The van der Waals surface area contributed by atoms with Crippen LogP contribution in [0.25, 0.3) is 0 Å². The van der Waals surface area contributed by atoms with E-state index in [0.717, 1.165) is 42.7 Å². The normalized spacial score (nSPS) is 10.5. The lowest BCUT2D eigenvalue weighted by Crippen LogP contribution is -2.28. The van der Waals surface area contributed by atoms with Gasteiger partial charge in [-0.2, -0.15) is 0 Å². The first-order chi connectivity index (χ1) is 11.6. The molecule has 2 aromatic rings. The maximum Gasteiger partial charge on any atom is 0.274 e. The SMILES string of the molecule is CCCN(CCC)c1nccc(C(=O)Nc2cccc(C)c2C)n1. The summed E-state index contributed by atoms with van der Waals surface area (Å²) < 4.78 is 0. The molecule has 5 heteroatoms. The molecular formula is C19H26N4O. The standard InChI is InChI=1S/C19H26N4O/c1-5-12-23(13-6-2)19-20-11-10-17(22-19)18(24)21-16-9-7-8-14(3)15(16)4/h7-11H,5-6,12-13H2,1-4H3,(H,21,24). The van der Waals surface area contributed by atoms with Gasteiger partial charge in [0.15, 0.2) is 0 Å². The van der Waals surface area contributed by atoms with E-state index in [1.54, 1.807) is 12.3 Å². The second-order valence-electron chi connectivity index (χ2n) is 5.93. The Kier molecular flexibility index (Phi) is 6.29. The van der Waals surface area contributed by atoms with Crippen molar-refractivity contribution in [1.82, 2.24) is 9.97 Å². The molecule has 0 aliphatic rings. The Morgan fingerprint density at radius 1 is 1.12 bits per heavy atom. The van der Waals surface area contributed by atoms with Gasteiger partial charge in [-0.05, 0) is 49.9 Å². The lowest BCUT2D eigenvalue weighted by Gasteiger charge is -2.21. The van der Waals surface area contributed by atoms with Gasteiger partial charge in [-0.3, -0.25) is 4.79 Å². The Morgan fingerprint density at radius 3 is 2.50 bits per heavy atom. The zero-order chi connectivity index (χ0) is 17.5. The Balaban J connectivity index is 2.21. The number of aromatic nitrogens is 2. The van der Waals surface area contributed by atoms with Crippen LogP contribution in [0.3, 0.4) is 0 Å². The van der Waals surface area contributed by atoms with Crippen molar-refractivity contribution in [2.75, 3.05) is 23.3 Å². The quantitative estimate of drug-likeness (QED) is 0.836. The highest BCUT2D eigenvalue weighted by Crippen LogP contribution is 2.19. The number of amides is 1. The summed E-state index contributed by atoms with van der Waals surface area (Å²) >= 11 is 0. The number of carbonyl (C=O) groups excluding carboxylic acids is 1. The number of benzene rings is 1. The van der Waals surface area contributed by atoms with Gasteiger partial charge in [-0.25, -0.2) is 9.97 Å². The fourth-order valence-electron chi connectivity index (χ4n) is 2.55. The molecule has 2 rings (SSSR count). The smallest absolute Gasteiger partial charge is 0.274 e. The van der Waals surface area contributed by atoms with E-state index in [4.69, 9.17) is 0 Å². The van der Waals surface area contributed by atoms with Gasteiger partial charge in [0.05, 0.1) is 0 Å². The molecule has 1 heterocycles. The third-order valence-corrected chi connectivity index (χ3v) is 4.00. The number of carbonyl (C=O) groups is 1. The van der Waals surface area contributed by atoms with Crippen molar-refractivity contribution in [2.45, 2.75) is 40.5 Å². The molecule has 0 atom stereocenters. The Bertz CT molecular complexity index is 694. The van der Waals surface area contributed by atoms with Crippen LogP contribution in [0.1, 0.15) is 48.3 Å². The van der Waals surface area contributed by atoms with E-state index in [0.29, 0.717) is 11.6 Å². The van der Waals surface area contributed by atoms with Crippen LogP contribution < -0.4 is 10.2 Å². The van der Waals surface area contributed by atoms with Crippen molar-refractivity contribution in [3.8, 4) is 0 Å². The van der Waals surface area contributed by atoms with E-state index in [1.165, 1.54) is 0 Å². The molecule has 0 saturated carbocycles. The average molecular weight is 326 g/mol. The van der Waals surface area contributed by atoms with E-state index in [9.17, 15) is 4.79 Å². The summed E-state index contributed by atoms with van der Waals surface area (Å²) in [5.74, 6) is 0.410. The second-order valence-corrected chi connectivity index (χ2v) is 5.93. The summed E-state index contributed by atoms with van der Waals surface area (Å²) in [7, 11) is 0. The summed E-state index contributed by atoms with van der Waals surface area (Å²) in [4.78, 5) is 23.5. The zero-order valence-corrected chi connectivity index (χ0v) is 15.0. The minimum absolute atomic E-state index is 0.208. The van der Waals surface area contributed by atoms with Gasteiger partial charge in [0.2, 0.25) is 5.95 Å². The Hall–Kier alpha value is -2.43. The molecule has 1 N–H and O–H groups in total. The Labute approximate surface area is 144 Å². The number of rotatable bonds is 7. The molecule has 0 saturated heterocycles. The van der Waals surface area contributed by atoms with Gasteiger partial charge < -0.3 is 10.2 Å². The summed E-state index contributed by atoms with van der Waals surface area (Å²) in [6.07, 6.45) is 3.68. The van der Waals surface area contributed by atoms with Crippen LogP contribution in [0.15, 0.2) is 30.5 Å². The van der Waals surface area contributed by atoms with E-state index in [-0.39, 0.29) is 5.91 Å². The minimum atomic E-state index is -0.208. The molecule has 0 aliphatic carbocycles. The molecule has 0 fully saturated rings. The molecule has 0 radical (unpaired) electrons. The van der Waals surface area contributed by atoms with Gasteiger partial charge in [0.1, 0.15) is 5.69 Å². The van der Waals surface area contributed by atoms with Crippen LogP contribution >= 0.6 is 0 Å². The fourth-order valence-corrected chi connectivity index (χ4v) is 2.55. The van der Waals surface area contributed by atoms with Crippen molar-refractivity contribution >= 4 is 17.5 Å². The van der Waals surface area contributed by atoms with Crippen molar-refractivity contribution in [3.05, 3.63) is 47.3 Å². The largest absolute Gasteiger partial charge is 0.341 e. The van der Waals surface area contributed by atoms with Crippen LogP contribution in [0.5, 0.6) is 0 Å². The summed E-state index contributed by atoms with van der Waals surface area (Å²) in [5, 5.41) is 2.95.